The molecule has 0 saturated heterocycles. The molecule has 24 heavy (non-hydrogen) atoms. The molecule has 1 amide bonds. The number of benzene rings is 2. The lowest BCUT2D eigenvalue weighted by Gasteiger charge is -2.05. The number of carbonyl (C=O) groups excluding carboxylic acids is 1. The van der Waals surface area contributed by atoms with Gasteiger partial charge < -0.3 is 10.6 Å². The minimum Gasteiger partial charge on any atom is -0.332 e. The molecule has 0 saturated carbocycles. The Labute approximate surface area is 145 Å². The van der Waals surface area contributed by atoms with Crippen molar-refractivity contribution in [2.75, 3.05) is 10.6 Å². The number of hydrogen-bond acceptors (Lipinski definition) is 4. The number of nitrogens with zero attached hydrogens (tertiary/aromatic N) is 1. The Kier molecular flexibility index (Phi) is 4.91. The lowest BCUT2D eigenvalue weighted by atomic mass is 10.1. The molecule has 4 nitrogen and oxygen atoms in total. The predicted octanol–water partition coefficient (Wildman–Crippen LogP) is 5.07. The molecule has 122 valence electrons. The van der Waals surface area contributed by atoms with Crippen molar-refractivity contribution in [2.45, 2.75) is 20.3 Å². The summed E-state index contributed by atoms with van der Waals surface area (Å²) in [6, 6.07) is 16.1. The smallest absolute Gasteiger partial charge is 0.221 e. The van der Waals surface area contributed by atoms with Gasteiger partial charge in [-0.05, 0) is 36.2 Å². The molecule has 0 radical (unpaired) electrons. The van der Waals surface area contributed by atoms with Crippen molar-refractivity contribution >= 4 is 33.8 Å². The number of nitrogens with one attached hydrogen (secondary N) is 2. The van der Waals surface area contributed by atoms with Crippen molar-refractivity contribution in [3.05, 3.63) is 59.5 Å². The largest absolute Gasteiger partial charge is 0.332 e. The number of aromatic nitrogens is 1. The summed E-state index contributed by atoms with van der Waals surface area (Å²) in [5.74, 6) is -0.0747. The first kappa shape index (κ1) is 16.2. The van der Waals surface area contributed by atoms with Crippen LogP contribution in [-0.4, -0.2) is 10.9 Å². The van der Waals surface area contributed by atoms with Gasteiger partial charge in [0, 0.05) is 29.2 Å². The standard InChI is InChI=1S/C19H19N3OS/c1-3-14-4-6-15(7-5-14)18-12-24-19(22-18)21-17-10-8-16(9-11-17)20-13(2)23/h4-12H,3H2,1-2H3,(H,20,23)(H,21,22). The van der Waals surface area contributed by atoms with Crippen LogP contribution in [0.5, 0.6) is 0 Å². The summed E-state index contributed by atoms with van der Waals surface area (Å²) < 4.78 is 0. The van der Waals surface area contributed by atoms with Crippen LogP contribution in [0.4, 0.5) is 16.5 Å². The zero-order valence-electron chi connectivity index (χ0n) is 13.7. The fourth-order valence-corrected chi connectivity index (χ4v) is 3.08. The monoisotopic (exact) mass is 337 g/mol. The Morgan fingerprint density at radius 3 is 2.33 bits per heavy atom. The number of anilines is 3. The van der Waals surface area contributed by atoms with Crippen molar-refractivity contribution in [3.8, 4) is 11.3 Å². The summed E-state index contributed by atoms with van der Waals surface area (Å²) in [6.45, 7) is 3.65. The van der Waals surface area contributed by atoms with E-state index in [2.05, 4.69) is 52.2 Å². The fraction of sp³-hybridized carbons (Fsp3) is 0.158. The molecule has 0 bridgehead atoms. The van der Waals surface area contributed by atoms with E-state index in [9.17, 15) is 4.79 Å². The fourth-order valence-electron chi connectivity index (χ4n) is 2.34. The van der Waals surface area contributed by atoms with Gasteiger partial charge in [0.25, 0.3) is 0 Å². The third-order valence-electron chi connectivity index (χ3n) is 3.62. The second-order valence-electron chi connectivity index (χ2n) is 5.47. The maximum Gasteiger partial charge on any atom is 0.221 e. The maximum atomic E-state index is 11.0. The van der Waals surface area contributed by atoms with Gasteiger partial charge in [0.2, 0.25) is 5.91 Å². The van der Waals surface area contributed by atoms with Gasteiger partial charge in [-0.2, -0.15) is 0 Å². The molecule has 0 aliphatic carbocycles. The van der Waals surface area contributed by atoms with Crippen LogP contribution in [0.1, 0.15) is 19.4 Å². The Morgan fingerprint density at radius 1 is 1.04 bits per heavy atom. The third-order valence-corrected chi connectivity index (χ3v) is 4.38. The van der Waals surface area contributed by atoms with Crippen molar-refractivity contribution < 1.29 is 4.79 Å². The van der Waals surface area contributed by atoms with Gasteiger partial charge in [0.15, 0.2) is 5.13 Å². The molecule has 2 N–H and O–H groups in total. The minimum absolute atomic E-state index is 0.0747. The van der Waals surface area contributed by atoms with E-state index in [1.54, 1.807) is 11.3 Å². The van der Waals surface area contributed by atoms with Gasteiger partial charge in [-0.15, -0.1) is 11.3 Å². The Hall–Kier alpha value is -2.66. The lowest BCUT2D eigenvalue weighted by Crippen LogP contribution is -2.05. The molecule has 3 aromatic rings. The van der Waals surface area contributed by atoms with E-state index in [1.165, 1.54) is 12.5 Å². The SMILES string of the molecule is CCc1ccc(-c2csc(Nc3ccc(NC(C)=O)cc3)n2)cc1. The van der Waals surface area contributed by atoms with Gasteiger partial charge in [-0.3, -0.25) is 4.79 Å². The highest BCUT2D eigenvalue weighted by Gasteiger charge is 2.05. The summed E-state index contributed by atoms with van der Waals surface area (Å²) in [5, 5.41) is 8.94. The van der Waals surface area contributed by atoms with Crippen LogP contribution in [-0.2, 0) is 11.2 Å². The van der Waals surface area contributed by atoms with Crippen LogP contribution in [0.25, 0.3) is 11.3 Å². The van der Waals surface area contributed by atoms with E-state index < -0.39 is 0 Å². The summed E-state index contributed by atoms with van der Waals surface area (Å²) in [7, 11) is 0. The number of hydrogen-bond donors (Lipinski definition) is 2. The molecule has 5 heteroatoms. The molecule has 0 aliphatic heterocycles. The maximum absolute atomic E-state index is 11.0. The third kappa shape index (κ3) is 4.00. The van der Waals surface area contributed by atoms with E-state index >= 15 is 0 Å². The summed E-state index contributed by atoms with van der Waals surface area (Å²) in [5.41, 5.74) is 5.14. The number of amides is 1. The van der Waals surface area contributed by atoms with Crippen LogP contribution in [0.3, 0.4) is 0 Å². The van der Waals surface area contributed by atoms with Crippen molar-refractivity contribution in [2.24, 2.45) is 0 Å². The highest BCUT2D eigenvalue weighted by Crippen LogP contribution is 2.27. The quantitative estimate of drug-likeness (QED) is 0.683. The minimum atomic E-state index is -0.0747. The highest BCUT2D eigenvalue weighted by atomic mass is 32.1. The van der Waals surface area contributed by atoms with Crippen LogP contribution >= 0.6 is 11.3 Å². The molecule has 0 fully saturated rings. The Bertz CT molecular complexity index is 823. The van der Waals surface area contributed by atoms with Crippen molar-refractivity contribution in [1.29, 1.82) is 0 Å². The van der Waals surface area contributed by atoms with Gasteiger partial charge >= 0.3 is 0 Å². The topological polar surface area (TPSA) is 54.0 Å². The summed E-state index contributed by atoms with van der Waals surface area (Å²) >= 11 is 1.57. The molecule has 3 rings (SSSR count). The second-order valence-corrected chi connectivity index (χ2v) is 6.33. The van der Waals surface area contributed by atoms with Crippen LogP contribution in [0.15, 0.2) is 53.9 Å². The molecule has 1 aromatic heterocycles. The van der Waals surface area contributed by atoms with E-state index in [1.807, 2.05) is 24.3 Å². The number of rotatable bonds is 5. The number of carbonyl (C=O) groups is 1. The normalized spacial score (nSPS) is 10.4. The molecular formula is C19H19N3OS. The van der Waals surface area contributed by atoms with E-state index in [4.69, 9.17) is 0 Å². The van der Waals surface area contributed by atoms with Gasteiger partial charge in [-0.1, -0.05) is 31.2 Å². The average molecular weight is 337 g/mol. The van der Waals surface area contributed by atoms with Crippen LogP contribution in [0.2, 0.25) is 0 Å². The van der Waals surface area contributed by atoms with Gasteiger partial charge in [-0.25, -0.2) is 4.98 Å². The lowest BCUT2D eigenvalue weighted by molar-refractivity contribution is -0.114. The average Bonchev–Trinajstić information content (AvgIpc) is 3.05. The molecule has 0 spiro atoms. The van der Waals surface area contributed by atoms with Gasteiger partial charge in [0.1, 0.15) is 0 Å². The van der Waals surface area contributed by atoms with Crippen LogP contribution < -0.4 is 10.6 Å². The zero-order valence-corrected chi connectivity index (χ0v) is 14.5. The van der Waals surface area contributed by atoms with Gasteiger partial charge in [0.05, 0.1) is 5.69 Å². The van der Waals surface area contributed by atoms with Crippen molar-refractivity contribution in [1.82, 2.24) is 4.98 Å². The van der Waals surface area contributed by atoms with E-state index in [-0.39, 0.29) is 5.91 Å². The van der Waals surface area contributed by atoms with Crippen molar-refractivity contribution in [3.63, 3.8) is 0 Å². The zero-order chi connectivity index (χ0) is 16.9. The first-order valence-electron chi connectivity index (χ1n) is 7.83. The highest BCUT2D eigenvalue weighted by molar-refractivity contribution is 7.14. The van der Waals surface area contributed by atoms with E-state index in [0.29, 0.717) is 0 Å². The summed E-state index contributed by atoms with van der Waals surface area (Å²) in [6.07, 6.45) is 1.04. The summed E-state index contributed by atoms with van der Waals surface area (Å²) in [4.78, 5) is 15.7. The molecule has 1 heterocycles. The number of thiazole rings is 1. The molecule has 0 aliphatic rings. The molecule has 2 aromatic carbocycles. The first-order chi connectivity index (χ1) is 11.6. The van der Waals surface area contributed by atoms with Crippen LogP contribution in [0, 0.1) is 0 Å². The molecule has 0 atom stereocenters. The second kappa shape index (κ2) is 7.27. The Balaban J connectivity index is 1.70. The van der Waals surface area contributed by atoms with E-state index in [0.717, 1.165) is 34.2 Å². The first-order valence-corrected chi connectivity index (χ1v) is 8.71. The molecule has 0 unspecified atom stereocenters. The molecular weight excluding hydrogens is 318 g/mol. The number of aryl methyl sites for hydroxylation is 1. The predicted molar refractivity (Wildman–Crippen MR) is 101 cm³/mol. The Morgan fingerprint density at radius 2 is 1.71 bits per heavy atom.